The molecule has 2 unspecified atom stereocenters. The molecule has 1 aromatic heterocycles. The summed E-state index contributed by atoms with van der Waals surface area (Å²) in [7, 11) is 2.17. The van der Waals surface area contributed by atoms with Crippen molar-refractivity contribution in [3.05, 3.63) is 64.8 Å². The number of benzene rings is 2. The number of anilines is 4. The summed E-state index contributed by atoms with van der Waals surface area (Å²) in [5.74, 6) is 1.21. The molecule has 2 aromatic carbocycles. The highest BCUT2D eigenvalue weighted by atomic mass is 35.5. The maximum Gasteiger partial charge on any atom is 0.229 e. The smallest absolute Gasteiger partial charge is 0.229 e. The van der Waals surface area contributed by atoms with Crippen molar-refractivity contribution in [2.45, 2.75) is 83.2 Å². The van der Waals surface area contributed by atoms with Crippen LogP contribution in [0.15, 0.2) is 53.6 Å². The number of rotatable bonds is 9. The van der Waals surface area contributed by atoms with Crippen LogP contribution < -0.4 is 15.1 Å². The summed E-state index contributed by atoms with van der Waals surface area (Å²) in [5.41, 5.74) is 5.00. The van der Waals surface area contributed by atoms with Crippen LogP contribution in [0, 0.1) is 6.92 Å². The van der Waals surface area contributed by atoms with E-state index in [1.807, 2.05) is 38.1 Å². The molecule has 0 aliphatic carbocycles. The summed E-state index contributed by atoms with van der Waals surface area (Å²) >= 11 is 8.13. The van der Waals surface area contributed by atoms with Crippen LogP contribution in [0.25, 0.3) is 5.57 Å². The van der Waals surface area contributed by atoms with Gasteiger partial charge in [0.05, 0.1) is 23.7 Å². The Morgan fingerprint density at radius 2 is 1.90 bits per heavy atom. The predicted octanol–water partition coefficient (Wildman–Crippen LogP) is 8.49. The molecule has 2 N–H and O–H groups in total. The molecule has 9 heteroatoms. The summed E-state index contributed by atoms with van der Waals surface area (Å²) in [5, 5.41) is 16.1. The Morgan fingerprint density at radius 3 is 2.58 bits per heavy atom. The Labute approximate surface area is 247 Å². The van der Waals surface area contributed by atoms with Gasteiger partial charge < -0.3 is 10.1 Å². The molecule has 0 amide bonds. The molecule has 0 bridgehead atoms. The van der Waals surface area contributed by atoms with Gasteiger partial charge in [-0.15, -0.1) is 11.8 Å². The Hall–Kier alpha value is -2.78. The molecule has 0 fully saturated rings. The van der Waals surface area contributed by atoms with Crippen molar-refractivity contribution in [2.24, 2.45) is 0 Å². The van der Waals surface area contributed by atoms with Crippen LogP contribution in [-0.2, 0) is 0 Å². The first-order valence-electron chi connectivity index (χ1n) is 13.7. The number of thioether (sulfide) groups is 1. The predicted molar refractivity (Wildman–Crippen MR) is 168 cm³/mol. The molecule has 214 valence electrons. The molecule has 3 aromatic rings. The second kappa shape index (κ2) is 12.8. The van der Waals surface area contributed by atoms with Gasteiger partial charge >= 0.3 is 0 Å². The van der Waals surface area contributed by atoms with Crippen LogP contribution in [0.2, 0.25) is 5.02 Å². The summed E-state index contributed by atoms with van der Waals surface area (Å²) < 4.78 is 6.26. The van der Waals surface area contributed by atoms with Crippen LogP contribution in [0.4, 0.5) is 23.1 Å². The number of nitrogens with one attached hydrogen (secondary N) is 1. The van der Waals surface area contributed by atoms with E-state index in [0.29, 0.717) is 29.0 Å². The van der Waals surface area contributed by atoms with Gasteiger partial charge in [0.25, 0.3) is 0 Å². The lowest BCUT2D eigenvalue weighted by atomic mass is 9.89. The number of likely N-dealkylation sites (N-methyl/N-ethyl adjacent to an activating group) is 1. The van der Waals surface area contributed by atoms with E-state index in [0.717, 1.165) is 33.4 Å². The van der Waals surface area contributed by atoms with Gasteiger partial charge in [-0.3, -0.25) is 10.1 Å². The first kappa shape index (κ1) is 30.2. The highest BCUT2D eigenvalue weighted by Gasteiger charge is 2.25. The standard InChI is InChI=1S/C31H40ClN5O2S/c1-18(2)39-28-16-24(23-14-21(6)36(8)22(7)15-23)20(5)13-26(28)34-31-33-17-25(32)30(35-31)37(38)27-11-9-10-12-29(27)40-19(3)4/h9-14,16-19,21-22,38H,15H2,1-8H3,(H,33,34,35). The molecule has 2 atom stereocenters. The molecular weight excluding hydrogens is 542 g/mol. The fourth-order valence-electron chi connectivity index (χ4n) is 4.81. The molecule has 2 heterocycles. The van der Waals surface area contributed by atoms with E-state index >= 15 is 0 Å². The third-order valence-electron chi connectivity index (χ3n) is 6.96. The van der Waals surface area contributed by atoms with Gasteiger partial charge in [-0.1, -0.05) is 43.7 Å². The first-order valence-corrected chi connectivity index (χ1v) is 15.0. The Morgan fingerprint density at radius 1 is 1.18 bits per heavy atom. The van der Waals surface area contributed by atoms with Gasteiger partial charge in [0.2, 0.25) is 5.95 Å². The number of nitrogens with zero attached hydrogens (tertiary/aromatic N) is 4. The zero-order valence-electron chi connectivity index (χ0n) is 24.6. The third kappa shape index (κ3) is 6.92. The van der Waals surface area contributed by atoms with Gasteiger partial charge in [0.15, 0.2) is 5.82 Å². The van der Waals surface area contributed by atoms with Crippen molar-refractivity contribution in [3.63, 3.8) is 0 Å². The highest BCUT2D eigenvalue weighted by Crippen LogP contribution is 2.39. The van der Waals surface area contributed by atoms with Gasteiger partial charge in [-0.25, -0.2) is 10.0 Å². The fraction of sp³-hybridized carbons (Fsp3) is 0.419. The maximum atomic E-state index is 11.2. The van der Waals surface area contributed by atoms with Crippen molar-refractivity contribution in [3.8, 4) is 5.75 Å². The molecular formula is C31H40ClN5O2S. The molecule has 0 saturated heterocycles. The van der Waals surface area contributed by atoms with Gasteiger partial charge in [0, 0.05) is 22.2 Å². The monoisotopic (exact) mass is 581 g/mol. The van der Waals surface area contributed by atoms with Crippen molar-refractivity contribution in [2.75, 3.05) is 17.4 Å². The topological polar surface area (TPSA) is 73.8 Å². The molecule has 0 radical (unpaired) electrons. The lowest BCUT2D eigenvalue weighted by Crippen LogP contribution is -2.39. The second-order valence-electron chi connectivity index (χ2n) is 10.9. The summed E-state index contributed by atoms with van der Waals surface area (Å²) in [6.07, 6.45) is 4.78. The van der Waals surface area contributed by atoms with E-state index in [4.69, 9.17) is 16.3 Å². The number of ether oxygens (including phenoxy) is 1. The highest BCUT2D eigenvalue weighted by molar-refractivity contribution is 8.00. The number of halogens is 1. The summed E-state index contributed by atoms with van der Waals surface area (Å²) in [6, 6.07) is 12.6. The van der Waals surface area contributed by atoms with Crippen LogP contribution in [0.3, 0.4) is 0 Å². The average Bonchev–Trinajstić information content (AvgIpc) is 2.89. The lowest BCUT2D eigenvalue weighted by molar-refractivity contribution is 0.220. The Bertz CT molecular complexity index is 1380. The minimum absolute atomic E-state index is 0.0231. The molecule has 0 spiro atoms. The molecule has 1 aliphatic rings. The minimum Gasteiger partial charge on any atom is -0.489 e. The number of hydrogen-bond donors (Lipinski definition) is 2. The SMILES string of the molecule is Cc1cc(Nc2ncc(Cl)c(N(O)c3ccccc3SC(C)C)n2)c(OC(C)C)cc1C1=CC(C)N(C)C(C)C1. The normalized spacial score (nSPS) is 17.8. The van der Waals surface area contributed by atoms with E-state index < -0.39 is 0 Å². The Balaban J connectivity index is 1.69. The van der Waals surface area contributed by atoms with E-state index in [1.165, 1.54) is 17.3 Å². The molecule has 0 saturated carbocycles. The summed E-state index contributed by atoms with van der Waals surface area (Å²) in [6.45, 7) is 14.8. The van der Waals surface area contributed by atoms with Gasteiger partial charge in [-0.05, 0) is 89.1 Å². The quantitative estimate of drug-likeness (QED) is 0.192. The molecule has 4 rings (SSSR count). The zero-order valence-corrected chi connectivity index (χ0v) is 26.1. The number of para-hydroxylation sites is 1. The van der Waals surface area contributed by atoms with Crippen LogP contribution in [-0.4, -0.2) is 50.6 Å². The van der Waals surface area contributed by atoms with Gasteiger partial charge in [-0.2, -0.15) is 4.98 Å². The maximum absolute atomic E-state index is 11.2. The lowest BCUT2D eigenvalue weighted by Gasteiger charge is -2.35. The van der Waals surface area contributed by atoms with Crippen LogP contribution in [0.5, 0.6) is 5.75 Å². The van der Waals surface area contributed by atoms with Crippen molar-refractivity contribution in [1.82, 2.24) is 14.9 Å². The van der Waals surface area contributed by atoms with E-state index in [-0.39, 0.29) is 16.9 Å². The third-order valence-corrected chi connectivity index (χ3v) is 8.30. The number of aryl methyl sites for hydroxylation is 1. The van der Waals surface area contributed by atoms with Gasteiger partial charge in [0.1, 0.15) is 10.8 Å². The van der Waals surface area contributed by atoms with Crippen molar-refractivity contribution < 1.29 is 9.94 Å². The molecule has 7 nitrogen and oxygen atoms in total. The van der Waals surface area contributed by atoms with Crippen molar-refractivity contribution in [1.29, 1.82) is 0 Å². The van der Waals surface area contributed by atoms with Crippen LogP contribution >= 0.6 is 23.4 Å². The van der Waals surface area contributed by atoms with Crippen LogP contribution in [0.1, 0.15) is 59.1 Å². The van der Waals surface area contributed by atoms with E-state index in [1.54, 1.807) is 11.8 Å². The molecule has 40 heavy (non-hydrogen) atoms. The number of aromatic nitrogens is 2. The summed E-state index contributed by atoms with van der Waals surface area (Å²) in [4.78, 5) is 12.3. The second-order valence-corrected chi connectivity index (χ2v) is 12.9. The van der Waals surface area contributed by atoms with E-state index in [9.17, 15) is 5.21 Å². The largest absolute Gasteiger partial charge is 0.489 e. The zero-order chi connectivity index (χ0) is 29.1. The fourth-order valence-corrected chi connectivity index (χ4v) is 5.92. The molecule has 1 aliphatic heterocycles. The van der Waals surface area contributed by atoms with Crippen molar-refractivity contribution >= 4 is 52.1 Å². The number of hydrogen-bond acceptors (Lipinski definition) is 8. The minimum atomic E-state index is -0.0231. The Kier molecular flexibility index (Phi) is 9.67. The average molecular weight is 582 g/mol. The van der Waals surface area contributed by atoms with E-state index in [2.05, 4.69) is 80.1 Å². The first-order chi connectivity index (χ1) is 18.9.